The van der Waals surface area contributed by atoms with Crippen LogP contribution < -0.4 is 16.0 Å². The predicted molar refractivity (Wildman–Crippen MR) is 88.8 cm³/mol. The highest BCUT2D eigenvalue weighted by atomic mass is 19.1. The quantitative estimate of drug-likeness (QED) is 0.671. The van der Waals surface area contributed by atoms with Crippen molar-refractivity contribution in [2.45, 2.75) is 0 Å². The van der Waals surface area contributed by atoms with Crippen LogP contribution in [0, 0.1) is 5.82 Å². The minimum atomic E-state index is -0.639. The highest BCUT2D eigenvalue weighted by molar-refractivity contribution is 5.82. The van der Waals surface area contributed by atoms with Crippen LogP contribution in [0.3, 0.4) is 0 Å². The number of anilines is 4. The van der Waals surface area contributed by atoms with E-state index in [2.05, 4.69) is 30.2 Å². The number of nitrogens with one attached hydrogen (secondary N) is 2. The number of ether oxygens (including phenoxy) is 1. The summed E-state index contributed by atoms with van der Waals surface area (Å²) in [6.45, 7) is 3.03. The van der Waals surface area contributed by atoms with Crippen molar-refractivity contribution < 1.29 is 9.13 Å². The number of nitrogens with two attached hydrogens (primary N) is 1. The van der Waals surface area contributed by atoms with Gasteiger partial charge in [-0.3, -0.25) is 0 Å². The average Bonchev–Trinajstić information content (AvgIpc) is 3.02. The highest BCUT2D eigenvalue weighted by Gasteiger charge is 2.15. The van der Waals surface area contributed by atoms with E-state index in [1.54, 1.807) is 0 Å². The van der Waals surface area contributed by atoms with Crippen molar-refractivity contribution in [3.05, 3.63) is 30.2 Å². The standard InChI is InChI=1S/C15H16FN7O/c16-10-8-18-14(22-13(10)17)19-9-1-2-11-12(7-9)21-15(20-11)23-3-5-24-6-4-23/h1-2,7-8H,3-6H2,(H,20,21)(H3,17,18,19,22). The first kappa shape index (κ1) is 14.6. The lowest BCUT2D eigenvalue weighted by Gasteiger charge is -2.26. The highest BCUT2D eigenvalue weighted by Crippen LogP contribution is 2.23. The van der Waals surface area contributed by atoms with E-state index >= 15 is 0 Å². The van der Waals surface area contributed by atoms with Crippen LogP contribution in [0.4, 0.5) is 27.8 Å². The first-order valence-corrected chi connectivity index (χ1v) is 7.56. The number of aromatic amines is 1. The van der Waals surface area contributed by atoms with Crippen LogP contribution in [0.15, 0.2) is 24.4 Å². The van der Waals surface area contributed by atoms with Gasteiger partial charge in [0.1, 0.15) is 0 Å². The molecule has 1 saturated heterocycles. The maximum Gasteiger partial charge on any atom is 0.229 e. The number of nitrogens with zero attached hydrogens (tertiary/aromatic N) is 4. The smallest absolute Gasteiger partial charge is 0.229 e. The fraction of sp³-hybridized carbons (Fsp3) is 0.267. The molecule has 0 saturated carbocycles. The maximum atomic E-state index is 13.1. The number of nitrogen functional groups attached to an aromatic ring is 1. The van der Waals surface area contributed by atoms with E-state index in [-0.39, 0.29) is 11.8 Å². The zero-order valence-electron chi connectivity index (χ0n) is 12.8. The summed E-state index contributed by atoms with van der Waals surface area (Å²) < 4.78 is 18.5. The Kier molecular flexibility index (Phi) is 3.62. The van der Waals surface area contributed by atoms with Gasteiger partial charge in [0.15, 0.2) is 11.6 Å². The molecule has 4 N–H and O–H groups in total. The Morgan fingerprint density at radius 2 is 2.08 bits per heavy atom. The van der Waals surface area contributed by atoms with Crippen molar-refractivity contribution >= 4 is 34.4 Å². The summed E-state index contributed by atoms with van der Waals surface area (Å²) in [5.74, 6) is 0.235. The number of fused-ring (bicyclic) bond motifs is 1. The Morgan fingerprint density at radius 3 is 2.88 bits per heavy atom. The molecule has 0 bridgehead atoms. The van der Waals surface area contributed by atoms with Gasteiger partial charge in [-0.1, -0.05) is 0 Å². The average molecular weight is 329 g/mol. The van der Waals surface area contributed by atoms with Crippen LogP contribution in [0.25, 0.3) is 11.0 Å². The van der Waals surface area contributed by atoms with Crippen molar-refractivity contribution in [1.82, 2.24) is 19.9 Å². The van der Waals surface area contributed by atoms with E-state index in [0.717, 1.165) is 42.0 Å². The maximum absolute atomic E-state index is 13.1. The number of imidazole rings is 1. The van der Waals surface area contributed by atoms with Crippen LogP contribution in [0.1, 0.15) is 0 Å². The Balaban J connectivity index is 1.59. The van der Waals surface area contributed by atoms with Crippen molar-refractivity contribution in [2.75, 3.05) is 42.3 Å². The molecule has 0 atom stereocenters. The van der Waals surface area contributed by atoms with Crippen molar-refractivity contribution in [3.63, 3.8) is 0 Å². The van der Waals surface area contributed by atoms with E-state index in [4.69, 9.17) is 10.5 Å². The van der Waals surface area contributed by atoms with Gasteiger partial charge in [0.25, 0.3) is 0 Å². The fourth-order valence-corrected chi connectivity index (χ4v) is 2.57. The van der Waals surface area contributed by atoms with E-state index in [0.29, 0.717) is 13.2 Å². The molecule has 3 aromatic rings. The lowest BCUT2D eigenvalue weighted by molar-refractivity contribution is 0.122. The molecule has 8 nitrogen and oxygen atoms in total. The summed E-state index contributed by atoms with van der Waals surface area (Å²) in [5, 5.41) is 3.00. The molecular formula is C15H16FN7O. The summed E-state index contributed by atoms with van der Waals surface area (Å²) in [6, 6.07) is 5.65. The number of hydrogen-bond acceptors (Lipinski definition) is 7. The van der Waals surface area contributed by atoms with Gasteiger partial charge in [-0.25, -0.2) is 14.4 Å². The lowest BCUT2D eigenvalue weighted by atomic mass is 10.3. The summed E-state index contributed by atoms with van der Waals surface area (Å²) >= 11 is 0. The van der Waals surface area contributed by atoms with Crippen molar-refractivity contribution in [1.29, 1.82) is 0 Å². The van der Waals surface area contributed by atoms with Gasteiger partial charge < -0.3 is 25.7 Å². The van der Waals surface area contributed by atoms with E-state index in [9.17, 15) is 4.39 Å². The first-order valence-electron chi connectivity index (χ1n) is 7.56. The van der Waals surface area contributed by atoms with Crippen LogP contribution in [-0.4, -0.2) is 46.2 Å². The third-order valence-electron chi connectivity index (χ3n) is 3.81. The first-order chi connectivity index (χ1) is 11.7. The van der Waals surface area contributed by atoms with Crippen LogP contribution in [0.2, 0.25) is 0 Å². The predicted octanol–water partition coefficient (Wildman–Crippen LogP) is 1.65. The fourth-order valence-electron chi connectivity index (χ4n) is 2.57. The molecule has 3 heterocycles. The van der Waals surface area contributed by atoms with E-state index < -0.39 is 5.82 Å². The van der Waals surface area contributed by atoms with Gasteiger partial charge in [0.2, 0.25) is 11.9 Å². The Bertz CT molecular complexity index is 875. The molecule has 1 fully saturated rings. The summed E-state index contributed by atoms with van der Waals surface area (Å²) in [6.07, 6.45) is 1.04. The molecule has 9 heteroatoms. The lowest BCUT2D eigenvalue weighted by Crippen LogP contribution is -2.36. The molecule has 4 rings (SSSR count). The van der Waals surface area contributed by atoms with Crippen LogP contribution in [-0.2, 0) is 4.74 Å². The zero-order chi connectivity index (χ0) is 16.5. The minimum Gasteiger partial charge on any atom is -0.381 e. The van der Waals surface area contributed by atoms with Gasteiger partial charge in [0.05, 0.1) is 30.4 Å². The van der Waals surface area contributed by atoms with E-state index in [1.165, 1.54) is 0 Å². The van der Waals surface area contributed by atoms with Gasteiger partial charge in [-0.2, -0.15) is 4.98 Å². The molecule has 24 heavy (non-hydrogen) atoms. The Labute approximate surface area is 136 Å². The molecule has 0 radical (unpaired) electrons. The molecule has 1 aliphatic heterocycles. The molecule has 2 aromatic heterocycles. The van der Waals surface area contributed by atoms with Crippen LogP contribution in [0.5, 0.6) is 0 Å². The second-order valence-corrected chi connectivity index (χ2v) is 5.44. The minimum absolute atomic E-state index is 0.190. The zero-order valence-corrected chi connectivity index (χ0v) is 12.8. The van der Waals surface area contributed by atoms with Crippen molar-refractivity contribution in [2.24, 2.45) is 0 Å². The number of hydrogen-bond donors (Lipinski definition) is 3. The molecule has 0 aliphatic carbocycles. The van der Waals surface area contributed by atoms with Crippen molar-refractivity contribution in [3.8, 4) is 0 Å². The van der Waals surface area contributed by atoms with Gasteiger partial charge in [-0.15, -0.1) is 0 Å². The molecule has 124 valence electrons. The number of benzene rings is 1. The topological polar surface area (TPSA) is 105 Å². The number of morpholine rings is 1. The molecule has 0 spiro atoms. The van der Waals surface area contributed by atoms with Gasteiger partial charge >= 0.3 is 0 Å². The second kappa shape index (κ2) is 5.93. The largest absolute Gasteiger partial charge is 0.381 e. The monoisotopic (exact) mass is 329 g/mol. The van der Waals surface area contributed by atoms with Crippen LogP contribution >= 0.6 is 0 Å². The number of rotatable bonds is 3. The summed E-state index contributed by atoms with van der Waals surface area (Å²) in [7, 11) is 0. The van der Waals surface area contributed by atoms with Gasteiger partial charge in [-0.05, 0) is 18.2 Å². The Hall–Kier alpha value is -2.94. The Morgan fingerprint density at radius 1 is 1.25 bits per heavy atom. The third kappa shape index (κ3) is 2.81. The normalized spacial score (nSPS) is 15.0. The SMILES string of the molecule is Nc1nc(Nc2ccc3nc(N4CCOCC4)[nH]c3c2)ncc1F. The molecule has 0 amide bonds. The molecule has 1 aliphatic rings. The molecule has 0 unspecified atom stereocenters. The second-order valence-electron chi connectivity index (χ2n) is 5.44. The summed E-state index contributed by atoms with van der Waals surface area (Å²) in [5.41, 5.74) is 7.96. The molecular weight excluding hydrogens is 313 g/mol. The van der Waals surface area contributed by atoms with E-state index in [1.807, 2.05) is 18.2 Å². The number of aromatic nitrogens is 4. The molecule has 1 aromatic carbocycles. The number of halogens is 1. The third-order valence-corrected chi connectivity index (χ3v) is 3.81. The van der Waals surface area contributed by atoms with Gasteiger partial charge in [0, 0.05) is 18.8 Å². The number of H-pyrrole nitrogens is 1. The summed E-state index contributed by atoms with van der Waals surface area (Å²) in [4.78, 5) is 17.8.